The SMILES string of the molecule is C=C1/C=C\C(c2cnn(C)c2)=C/CCCCN1C. The van der Waals surface area contributed by atoms with Crippen molar-refractivity contribution < 1.29 is 0 Å². The van der Waals surface area contributed by atoms with E-state index in [1.807, 2.05) is 17.9 Å². The molecule has 3 heteroatoms. The summed E-state index contributed by atoms with van der Waals surface area (Å²) in [5.74, 6) is 0. The van der Waals surface area contributed by atoms with Crippen LogP contribution in [0.3, 0.4) is 0 Å². The molecule has 0 N–H and O–H groups in total. The molecule has 3 nitrogen and oxygen atoms in total. The van der Waals surface area contributed by atoms with E-state index >= 15 is 0 Å². The zero-order valence-electron chi connectivity index (χ0n) is 11.3. The van der Waals surface area contributed by atoms with Gasteiger partial charge in [0.2, 0.25) is 0 Å². The number of likely N-dealkylation sites (N-methyl/N-ethyl adjacent to an activating group) is 1. The average Bonchev–Trinajstić information content (AvgIpc) is 2.78. The first-order valence-electron chi connectivity index (χ1n) is 6.44. The number of rotatable bonds is 1. The van der Waals surface area contributed by atoms with E-state index < -0.39 is 0 Å². The van der Waals surface area contributed by atoms with Gasteiger partial charge in [-0.1, -0.05) is 18.7 Å². The fourth-order valence-electron chi connectivity index (χ4n) is 2.06. The van der Waals surface area contributed by atoms with E-state index in [1.54, 1.807) is 0 Å². The van der Waals surface area contributed by atoms with Crippen molar-refractivity contribution in [2.45, 2.75) is 19.3 Å². The van der Waals surface area contributed by atoms with Gasteiger partial charge in [-0.25, -0.2) is 0 Å². The monoisotopic (exact) mass is 243 g/mol. The molecule has 0 aliphatic carbocycles. The molecule has 0 atom stereocenters. The molecule has 1 aromatic heterocycles. The van der Waals surface area contributed by atoms with Crippen LogP contribution in [-0.4, -0.2) is 28.3 Å². The smallest absolute Gasteiger partial charge is 0.0568 e. The Bertz CT molecular complexity index is 480. The van der Waals surface area contributed by atoms with Crippen LogP contribution in [0.2, 0.25) is 0 Å². The average molecular weight is 243 g/mol. The second-order valence-corrected chi connectivity index (χ2v) is 4.80. The van der Waals surface area contributed by atoms with Crippen molar-refractivity contribution in [1.82, 2.24) is 14.7 Å². The maximum atomic E-state index is 4.23. The van der Waals surface area contributed by atoms with Crippen molar-refractivity contribution in [3.8, 4) is 0 Å². The van der Waals surface area contributed by atoms with Crippen molar-refractivity contribution >= 4 is 5.57 Å². The highest BCUT2D eigenvalue weighted by Gasteiger charge is 2.04. The topological polar surface area (TPSA) is 21.1 Å². The van der Waals surface area contributed by atoms with E-state index in [0.29, 0.717) is 0 Å². The Morgan fingerprint density at radius 3 is 2.78 bits per heavy atom. The molecule has 0 saturated heterocycles. The quantitative estimate of drug-likeness (QED) is 0.756. The molecule has 96 valence electrons. The minimum absolute atomic E-state index is 1.06. The molecule has 2 rings (SSSR count). The molecule has 0 unspecified atom stereocenters. The third kappa shape index (κ3) is 3.13. The fraction of sp³-hybridized carbons (Fsp3) is 0.400. The second-order valence-electron chi connectivity index (χ2n) is 4.80. The fourth-order valence-corrected chi connectivity index (χ4v) is 2.06. The number of hydrogen-bond donors (Lipinski definition) is 0. The van der Waals surface area contributed by atoms with Crippen LogP contribution in [0.15, 0.2) is 42.9 Å². The first kappa shape index (κ1) is 12.7. The van der Waals surface area contributed by atoms with Gasteiger partial charge in [0.05, 0.1) is 6.20 Å². The molecular formula is C15H21N3. The van der Waals surface area contributed by atoms with Crippen LogP contribution in [0.5, 0.6) is 0 Å². The third-order valence-electron chi connectivity index (χ3n) is 3.30. The molecule has 18 heavy (non-hydrogen) atoms. The molecule has 1 aliphatic rings. The summed E-state index contributed by atoms with van der Waals surface area (Å²) >= 11 is 0. The maximum absolute atomic E-state index is 4.23. The summed E-state index contributed by atoms with van der Waals surface area (Å²) in [7, 11) is 4.04. The molecule has 1 aliphatic heterocycles. The van der Waals surface area contributed by atoms with Crippen LogP contribution in [0.1, 0.15) is 24.8 Å². The largest absolute Gasteiger partial charge is 0.375 e. The Balaban J connectivity index is 2.24. The zero-order valence-corrected chi connectivity index (χ0v) is 11.3. The zero-order chi connectivity index (χ0) is 13.0. The Hall–Kier alpha value is -1.77. The van der Waals surface area contributed by atoms with E-state index in [4.69, 9.17) is 0 Å². The Labute approximate surface area is 109 Å². The lowest BCUT2D eigenvalue weighted by Gasteiger charge is -2.20. The van der Waals surface area contributed by atoms with Crippen LogP contribution in [0.25, 0.3) is 5.57 Å². The minimum Gasteiger partial charge on any atom is -0.375 e. The van der Waals surface area contributed by atoms with E-state index in [0.717, 1.165) is 18.7 Å². The van der Waals surface area contributed by atoms with E-state index in [-0.39, 0.29) is 0 Å². The molecule has 0 fully saturated rings. The van der Waals surface area contributed by atoms with E-state index in [1.165, 1.54) is 24.0 Å². The number of nitrogens with zero attached hydrogens (tertiary/aromatic N) is 3. The summed E-state index contributed by atoms with van der Waals surface area (Å²) in [5.41, 5.74) is 3.47. The summed E-state index contributed by atoms with van der Waals surface area (Å²) < 4.78 is 1.84. The normalized spacial score (nSPS) is 22.4. The number of aryl methyl sites for hydroxylation is 1. The molecular weight excluding hydrogens is 222 g/mol. The molecule has 2 heterocycles. The maximum Gasteiger partial charge on any atom is 0.0568 e. The highest BCUT2D eigenvalue weighted by Crippen LogP contribution is 2.19. The van der Waals surface area contributed by atoms with E-state index in [9.17, 15) is 0 Å². The Morgan fingerprint density at radius 1 is 1.22 bits per heavy atom. The first-order chi connectivity index (χ1) is 8.66. The van der Waals surface area contributed by atoms with Crippen molar-refractivity contribution in [3.05, 3.63) is 48.5 Å². The molecule has 1 aromatic rings. The van der Waals surface area contributed by atoms with Gasteiger partial charge in [-0.05, 0) is 30.9 Å². The summed E-state index contributed by atoms with van der Waals surface area (Å²) in [4.78, 5) is 2.21. The molecule has 0 aromatic carbocycles. The van der Waals surface area contributed by atoms with Crippen LogP contribution in [-0.2, 0) is 7.05 Å². The summed E-state index contributed by atoms with van der Waals surface area (Å²) in [6.45, 7) is 5.18. The minimum atomic E-state index is 1.06. The lowest BCUT2D eigenvalue weighted by atomic mass is 10.1. The van der Waals surface area contributed by atoms with Gasteiger partial charge in [0.15, 0.2) is 0 Å². The van der Waals surface area contributed by atoms with Crippen molar-refractivity contribution in [2.24, 2.45) is 7.05 Å². The predicted octanol–water partition coefficient (Wildman–Crippen LogP) is 2.99. The predicted molar refractivity (Wildman–Crippen MR) is 75.9 cm³/mol. The third-order valence-corrected chi connectivity index (χ3v) is 3.30. The molecule has 0 radical (unpaired) electrons. The van der Waals surface area contributed by atoms with Gasteiger partial charge in [0, 0.05) is 38.1 Å². The van der Waals surface area contributed by atoms with Crippen LogP contribution < -0.4 is 0 Å². The number of allylic oxidation sites excluding steroid dienone is 4. The first-order valence-corrected chi connectivity index (χ1v) is 6.44. The summed E-state index contributed by atoms with van der Waals surface area (Å²) in [6, 6.07) is 0. The van der Waals surface area contributed by atoms with Gasteiger partial charge in [0.1, 0.15) is 0 Å². The van der Waals surface area contributed by atoms with Crippen molar-refractivity contribution in [3.63, 3.8) is 0 Å². The van der Waals surface area contributed by atoms with Gasteiger partial charge >= 0.3 is 0 Å². The molecule has 0 bridgehead atoms. The standard InChI is InChI=1S/C15H21N3/c1-13-8-9-14(15-11-16-18(3)12-15)7-5-4-6-10-17(13)2/h7-9,11-12H,1,4-6,10H2,2-3H3/b9-8-,14-7+. The highest BCUT2D eigenvalue weighted by atomic mass is 15.2. The van der Waals surface area contributed by atoms with Gasteiger partial charge in [0.25, 0.3) is 0 Å². The van der Waals surface area contributed by atoms with Crippen LogP contribution in [0.4, 0.5) is 0 Å². The second kappa shape index (κ2) is 5.71. The van der Waals surface area contributed by atoms with E-state index in [2.05, 4.69) is 48.1 Å². The van der Waals surface area contributed by atoms with Crippen molar-refractivity contribution in [1.29, 1.82) is 0 Å². The van der Waals surface area contributed by atoms with Gasteiger partial charge in [-0.15, -0.1) is 0 Å². The highest BCUT2D eigenvalue weighted by molar-refractivity contribution is 5.73. The summed E-state index contributed by atoms with van der Waals surface area (Å²) in [6.07, 6.45) is 14.0. The van der Waals surface area contributed by atoms with Crippen molar-refractivity contribution in [2.75, 3.05) is 13.6 Å². The Kier molecular flexibility index (Phi) is 4.03. The van der Waals surface area contributed by atoms with Gasteiger partial charge < -0.3 is 4.90 Å². The Morgan fingerprint density at radius 2 is 2.06 bits per heavy atom. The summed E-state index contributed by atoms with van der Waals surface area (Å²) in [5, 5.41) is 4.23. The van der Waals surface area contributed by atoms with Gasteiger partial charge in [-0.3, -0.25) is 4.68 Å². The van der Waals surface area contributed by atoms with Gasteiger partial charge in [-0.2, -0.15) is 5.10 Å². The molecule has 0 amide bonds. The molecule has 0 saturated carbocycles. The lowest BCUT2D eigenvalue weighted by molar-refractivity contribution is 0.416. The van der Waals surface area contributed by atoms with Crippen LogP contribution in [0, 0.1) is 0 Å². The number of aromatic nitrogens is 2. The van der Waals surface area contributed by atoms with Crippen LogP contribution >= 0.6 is 0 Å². The lowest BCUT2D eigenvalue weighted by Crippen LogP contribution is -2.17. The molecule has 0 spiro atoms. The number of hydrogen-bond acceptors (Lipinski definition) is 2.